The van der Waals surface area contributed by atoms with Gasteiger partial charge < -0.3 is 9.88 Å². The first-order valence-corrected chi connectivity index (χ1v) is 10.9. The molecule has 7 nitrogen and oxygen atoms in total. The molecule has 32 heavy (non-hydrogen) atoms. The van der Waals surface area contributed by atoms with Crippen molar-refractivity contribution >= 4 is 23.2 Å². The Kier molecular flexibility index (Phi) is 5.74. The second-order valence-corrected chi connectivity index (χ2v) is 8.56. The van der Waals surface area contributed by atoms with E-state index < -0.39 is 0 Å². The number of amides is 2. The molecule has 7 heteroatoms. The van der Waals surface area contributed by atoms with E-state index in [0.29, 0.717) is 24.6 Å². The largest absolute Gasteiger partial charge is 0.363 e. The lowest BCUT2D eigenvalue weighted by Crippen LogP contribution is -2.32. The summed E-state index contributed by atoms with van der Waals surface area (Å²) in [7, 11) is 1.72. The van der Waals surface area contributed by atoms with Crippen molar-refractivity contribution < 1.29 is 4.79 Å². The first-order valence-electron chi connectivity index (χ1n) is 10.9. The monoisotopic (exact) mass is 431 g/mol. The maximum Gasteiger partial charge on any atom is 0.329 e. The number of aromatic nitrogens is 2. The van der Waals surface area contributed by atoms with Crippen LogP contribution in [0.5, 0.6) is 0 Å². The lowest BCUT2D eigenvalue weighted by atomic mass is 10.0. The summed E-state index contributed by atoms with van der Waals surface area (Å²) < 4.78 is 1.54. The molecule has 0 unspecified atom stereocenters. The Labute approximate surface area is 188 Å². The summed E-state index contributed by atoms with van der Waals surface area (Å²) in [5.41, 5.74) is 5.30. The van der Waals surface area contributed by atoms with Crippen LogP contribution >= 0.6 is 0 Å². The minimum atomic E-state index is -0.167. The Morgan fingerprint density at radius 2 is 1.66 bits per heavy atom. The van der Waals surface area contributed by atoms with Crippen LogP contribution in [0.4, 0.5) is 22.0 Å². The molecule has 1 N–H and O–H groups in total. The van der Waals surface area contributed by atoms with Crippen LogP contribution in [0.25, 0.3) is 11.3 Å². The number of urea groups is 1. The van der Waals surface area contributed by atoms with Crippen molar-refractivity contribution in [3.8, 4) is 11.3 Å². The highest BCUT2D eigenvalue weighted by molar-refractivity contribution is 6.06. The molecular weight excluding hydrogens is 402 g/mol. The minimum absolute atomic E-state index is 0.0373. The van der Waals surface area contributed by atoms with E-state index in [0.717, 1.165) is 28.1 Å². The lowest BCUT2D eigenvalue weighted by Gasteiger charge is -2.22. The highest BCUT2D eigenvalue weighted by Gasteiger charge is 2.32. The second-order valence-electron chi connectivity index (χ2n) is 8.56. The number of benzene rings is 2. The van der Waals surface area contributed by atoms with Crippen LogP contribution < -0.4 is 20.7 Å². The quantitative estimate of drug-likeness (QED) is 0.653. The van der Waals surface area contributed by atoms with E-state index in [1.807, 2.05) is 75.1 Å². The SMILES string of the molecule is Cc1ccc(N2CCN(c3cccc(-c4cn(C)c(=O)c(NC(C)C)n4)c3C)C2=O)cc1. The summed E-state index contributed by atoms with van der Waals surface area (Å²) >= 11 is 0. The summed E-state index contributed by atoms with van der Waals surface area (Å²) in [6.07, 6.45) is 1.74. The number of carbonyl (C=O) groups excluding carboxylic acids is 1. The molecule has 0 radical (unpaired) electrons. The smallest absolute Gasteiger partial charge is 0.329 e. The van der Waals surface area contributed by atoms with Crippen molar-refractivity contribution in [3.05, 3.63) is 70.1 Å². The standard InChI is InChI=1S/C25H29N5O2/c1-16(2)26-23-24(31)28(5)15-21(27-23)20-7-6-8-22(18(20)4)30-14-13-29(25(30)32)19-11-9-17(3)10-12-19/h6-12,15-16H,13-14H2,1-5H3,(H,26,27). The molecule has 1 fully saturated rings. The molecule has 166 valence electrons. The van der Waals surface area contributed by atoms with E-state index in [-0.39, 0.29) is 17.6 Å². The van der Waals surface area contributed by atoms with E-state index in [1.54, 1.807) is 22.7 Å². The second kappa shape index (κ2) is 8.49. The van der Waals surface area contributed by atoms with Gasteiger partial charge in [0.25, 0.3) is 5.56 Å². The van der Waals surface area contributed by atoms with Gasteiger partial charge in [0.05, 0.1) is 5.69 Å². The third-order valence-electron chi connectivity index (χ3n) is 5.72. The fourth-order valence-corrected chi connectivity index (χ4v) is 4.02. The minimum Gasteiger partial charge on any atom is -0.363 e. The molecular formula is C25H29N5O2. The molecule has 3 aromatic rings. The zero-order chi connectivity index (χ0) is 23.0. The third kappa shape index (κ3) is 3.98. The predicted molar refractivity (Wildman–Crippen MR) is 130 cm³/mol. The van der Waals surface area contributed by atoms with Gasteiger partial charge in [-0.05, 0) is 51.5 Å². The van der Waals surface area contributed by atoms with Crippen molar-refractivity contribution in [3.63, 3.8) is 0 Å². The number of nitrogens with one attached hydrogen (secondary N) is 1. The van der Waals surface area contributed by atoms with Gasteiger partial charge in [-0.2, -0.15) is 0 Å². The van der Waals surface area contributed by atoms with Gasteiger partial charge in [0.1, 0.15) is 0 Å². The number of aryl methyl sites for hydroxylation is 2. The van der Waals surface area contributed by atoms with Gasteiger partial charge in [-0.25, -0.2) is 9.78 Å². The Bertz CT molecular complexity index is 1210. The van der Waals surface area contributed by atoms with Gasteiger partial charge in [0, 0.05) is 49.3 Å². The predicted octanol–water partition coefficient (Wildman–Crippen LogP) is 4.33. The molecule has 1 aliphatic heterocycles. The number of carbonyl (C=O) groups is 1. The molecule has 0 aliphatic carbocycles. The number of nitrogens with zero attached hydrogens (tertiary/aromatic N) is 4. The van der Waals surface area contributed by atoms with Gasteiger partial charge >= 0.3 is 6.03 Å². The molecule has 0 bridgehead atoms. The first kappa shape index (κ1) is 21.6. The van der Waals surface area contributed by atoms with Crippen molar-refractivity contribution in [2.75, 3.05) is 28.2 Å². The average molecular weight is 432 g/mol. The first-order chi connectivity index (χ1) is 15.3. The van der Waals surface area contributed by atoms with E-state index in [9.17, 15) is 9.59 Å². The maximum atomic E-state index is 13.2. The lowest BCUT2D eigenvalue weighted by molar-refractivity contribution is 0.256. The number of hydrogen-bond acceptors (Lipinski definition) is 4. The normalized spacial score (nSPS) is 13.9. The van der Waals surface area contributed by atoms with Crippen LogP contribution in [0.2, 0.25) is 0 Å². The molecule has 1 aliphatic rings. The molecule has 2 aromatic carbocycles. The van der Waals surface area contributed by atoms with E-state index in [2.05, 4.69) is 10.3 Å². The summed E-state index contributed by atoms with van der Waals surface area (Å²) in [5, 5.41) is 3.13. The summed E-state index contributed by atoms with van der Waals surface area (Å²) in [5.74, 6) is 0.326. The average Bonchev–Trinajstić information content (AvgIpc) is 3.13. The van der Waals surface area contributed by atoms with Crippen LogP contribution in [0, 0.1) is 13.8 Å². The van der Waals surface area contributed by atoms with Crippen LogP contribution in [0.1, 0.15) is 25.0 Å². The summed E-state index contributed by atoms with van der Waals surface area (Å²) in [4.78, 5) is 33.9. The van der Waals surface area contributed by atoms with Crippen LogP contribution in [-0.2, 0) is 7.05 Å². The zero-order valence-corrected chi connectivity index (χ0v) is 19.2. The Balaban J connectivity index is 1.70. The van der Waals surface area contributed by atoms with Gasteiger partial charge in [-0.3, -0.25) is 14.6 Å². The van der Waals surface area contributed by atoms with Crippen LogP contribution in [-0.4, -0.2) is 34.7 Å². The Morgan fingerprint density at radius 1 is 0.969 bits per heavy atom. The molecule has 2 heterocycles. The van der Waals surface area contributed by atoms with Crippen LogP contribution in [0.3, 0.4) is 0 Å². The Morgan fingerprint density at radius 3 is 2.34 bits per heavy atom. The number of anilines is 3. The summed E-state index contributed by atoms with van der Waals surface area (Å²) in [6, 6.07) is 13.9. The number of rotatable bonds is 5. The van der Waals surface area contributed by atoms with Gasteiger partial charge in [0.15, 0.2) is 5.82 Å². The van der Waals surface area contributed by atoms with Crippen molar-refractivity contribution in [1.82, 2.24) is 9.55 Å². The summed E-state index contributed by atoms with van der Waals surface area (Å²) in [6.45, 7) is 9.21. The zero-order valence-electron chi connectivity index (χ0n) is 19.2. The molecule has 1 aromatic heterocycles. The van der Waals surface area contributed by atoms with Gasteiger partial charge in [0.2, 0.25) is 0 Å². The topological polar surface area (TPSA) is 70.5 Å². The molecule has 1 saturated heterocycles. The molecule has 4 rings (SSSR count). The third-order valence-corrected chi connectivity index (χ3v) is 5.72. The van der Waals surface area contributed by atoms with Gasteiger partial charge in [-0.15, -0.1) is 0 Å². The molecule has 0 saturated carbocycles. The van der Waals surface area contributed by atoms with Crippen LogP contribution in [0.15, 0.2) is 53.5 Å². The van der Waals surface area contributed by atoms with Crippen molar-refractivity contribution in [2.45, 2.75) is 33.7 Å². The fourth-order valence-electron chi connectivity index (χ4n) is 4.02. The van der Waals surface area contributed by atoms with E-state index in [1.165, 1.54) is 0 Å². The van der Waals surface area contributed by atoms with Crippen molar-refractivity contribution in [1.29, 1.82) is 0 Å². The van der Waals surface area contributed by atoms with E-state index in [4.69, 9.17) is 0 Å². The Hall–Kier alpha value is -3.61. The maximum absolute atomic E-state index is 13.2. The van der Waals surface area contributed by atoms with Crippen molar-refractivity contribution in [2.24, 2.45) is 7.05 Å². The highest BCUT2D eigenvalue weighted by atomic mass is 16.2. The number of hydrogen-bond donors (Lipinski definition) is 1. The molecule has 0 atom stereocenters. The highest BCUT2D eigenvalue weighted by Crippen LogP contribution is 2.33. The fraction of sp³-hybridized carbons (Fsp3) is 0.320. The molecule has 0 spiro atoms. The van der Waals surface area contributed by atoms with Gasteiger partial charge in [-0.1, -0.05) is 29.8 Å². The molecule has 2 amide bonds. The van der Waals surface area contributed by atoms with E-state index >= 15 is 0 Å².